The predicted molar refractivity (Wildman–Crippen MR) is 78.3 cm³/mol. The average molecular weight is 286 g/mol. The first-order chi connectivity index (χ1) is 10.1. The second kappa shape index (κ2) is 5.51. The van der Waals surface area contributed by atoms with Gasteiger partial charge in [0.2, 0.25) is 0 Å². The van der Waals surface area contributed by atoms with Gasteiger partial charge in [0.15, 0.2) is 0 Å². The molecule has 0 spiro atoms. The van der Waals surface area contributed by atoms with Crippen LogP contribution in [0.4, 0.5) is 5.82 Å². The maximum Gasteiger partial charge on any atom is 0.254 e. The van der Waals surface area contributed by atoms with E-state index in [1.807, 2.05) is 26.8 Å². The third-order valence-corrected chi connectivity index (χ3v) is 3.47. The summed E-state index contributed by atoms with van der Waals surface area (Å²) >= 11 is 0. The van der Waals surface area contributed by atoms with Crippen LogP contribution in [0.5, 0.6) is 0 Å². The Kier molecular flexibility index (Phi) is 3.55. The maximum absolute atomic E-state index is 5.17. The van der Waals surface area contributed by atoms with Gasteiger partial charge < -0.3 is 9.84 Å². The van der Waals surface area contributed by atoms with Crippen molar-refractivity contribution < 1.29 is 4.52 Å². The lowest BCUT2D eigenvalue weighted by Gasteiger charge is -2.08. The van der Waals surface area contributed by atoms with Gasteiger partial charge in [-0.15, -0.1) is 0 Å². The molecule has 3 aromatic heterocycles. The van der Waals surface area contributed by atoms with Gasteiger partial charge in [0.25, 0.3) is 5.78 Å². The molecule has 3 aromatic rings. The van der Waals surface area contributed by atoms with Crippen molar-refractivity contribution in [3.05, 3.63) is 35.1 Å². The van der Waals surface area contributed by atoms with Gasteiger partial charge in [-0.25, -0.2) is 4.98 Å². The zero-order valence-electron chi connectivity index (χ0n) is 12.4. The fraction of sp³-hybridized carbons (Fsp3) is 0.429. The Balaban J connectivity index is 1.63. The normalized spacial score (nSPS) is 11.2. The highest BCUT2D eigenvalue weighted by Gasteiger charge is 2.09. The minimum absolute atomic E-state index is 0.614. The summed E-state index contributed by atoms with van der Waals surface area (Å²) < 4.78 is 6.88. The van der Waals surface area contributed by atoms with Gasteiger partial charge in [-0.3, -0.25) is 0 Å². The predicted octanol–water partition coefficient (Wildman–Crippen LogP) is 2.08. The standard InChI is InChI=1S/C14H18N6O/c1-9-7-13(20-14(18-9)16-8-17-20)15-6-4-5-12-10(2)19-21-11(12)3/h7-8,15H,4-6H2,1-3H3. The van der Waals surface area contributed by atoms with E-state index in [9.17, 15) is 0 Å². The first kappa shape index (κ1) is 13.5. The molecule has 0 bridgehead atoms. The topological polar surface area (TPSA) is 81.1 Å². The van der Waals surface area contributed by atoms with Crippen LogP contribution in [0, 0.1) is 20.8 Å². The highest BCUT2D eigenvalue weighted by atomic mass is 16.5. The van der Waals surface area contributed by atoms with Gasteiger partial charge in [0, 0.05) is 23.9 Å². The number of hydrogen-bond donors (Lipinski definition) is 1. The summed E-state index contributed by atoms with van der Waals surface area (Å²) in [7, 11) is 0. The van der Waals surface area contributed by atoms with Crippen molar-refractivity contribution in [1.82, 2.24) is 24.7 Å². The number of fused-ring (bicyclic) bond motifs is 1. The first-order valence-electron chi connectivity index (χ1n) is 6.98. The minimum atomic E-state index is 0.614. The lowest BCUT2D eigenvalue weighted by Crippen LogP contribution is -2.09. The van der Waals surface area contributed by atoms with Crippen LogP contribution in [0.1, 0.15) is 29.1 Å². The monoisotopic (exact) mass is 286 g/mol. The largest absolute Gasteiger partial charge is 0.370 e. The second-order valence-electron chi connectivity index (χ2n) is 5.09. The van der Waals surface area contributed by atoms with Gasteiger partial charge in [0.05, 0.1) is 5.69 Å². The number of aromatic nitrogens is 5. The summed E-state index contributed by atoms with van der Waals surface area (Å²) in [6.07, 6.45) is 3.44. The van der Waals surface area contributed by atoms with Crippen molar-refractivity contribution in [3.8, 4) is 0 Å². The Labute approximate surface area is 122 Å². The Morgan fingerprint density at radius 3 is 2.90 bits per heavy atom. The summed E-state index contributed by atoms with van der Waals surface area (Å²) in [5.41, 5.74) is 3.10. The van der Waals surface area contributed by atoms with Crippen molar-refractivity contribution in [2.75, 3.05) is 11.9 Å². The summed E-state index contributed by atoms with van der Waals surface area (Å²) in [5.74, 6) is 2.43. The van der Waals surface area contributed by atoms with E-state index in [2.05, 4.69) is 25.5 Å². The molecular weight excluding hydrogens is 268 g/mol. The van der Waals surface area contributed by atoms with Crippen LogP contribution < -0.4 is 5.32 Å². The molecule has 0 aliphatic carbocycles. The lowest BCUT2D eigenvalue weighted by molar-refractivity contribution is 0.392. The average Bonchev–Trinajstić information content (AvgIpc) is 3.03. The smallest absolute Gasteiger partial charge is 0.254 e. The molecule has 0 radical (unpaired) electrons. The van der Waals surface area contributed by atoms with Gasteiger partial charge in [-0.1, -0.05) is 5.16 Å². The second-order valence-corrected chi connectivity index (χ2v) is 5.09. The van der Waals surface area contributed by atoms with Gasteiger partial charge in [0.1, 0.15) is 17.9 Å². The summed E-state index contributed by atoms with van der Waals surface area (Å²) in [4.78, 5) is 8.43. The van der Waals surface area contributed by atoms with E-state index in [1.165, 1.54) is 11.9 Å². The van der Waals surface area contributed by atoms with E-state index in [1.54, 1.807) is 4.52 Å². The zero-order chi connectivity index (χ0) is 14.8. The van der Waals surface area contributed by atoms with Crippen LogP contribution in [0.2, 0.25) is 0 Å². The van der Waals surface area contributed by atoms with E-state index in [0.717, 1.165) is 42.4 Å². The van der Waals surface area contributed by atoms with Crippen LogP contribution in [-0.4, -0.2) is 31.3 Å². The Morgan fingerprint density at radius 2 is 2.14 bits per heavy atom. The molecule has 0 saturated carbocycles. The lowest BCUT2D eigenvalue weighted by atomic mass is 10.1. The molecule has 0 aromatic carbocycles. The fourth-order valence-electron chi connectivity index (χ4n) is 2.40. The molecule has 3 heterocycles. The number of nitrogens with one attached hydrogen (secondary N) is 1. The van der Waals surface area contributed by atoms with Gasteiger partial charge in [-0.2, -0.15) is 14.6 Å². The van der Waals surface area contributed by atoms with Crippen molar-refractivity contribution in [1.29, 1.82) is 0 Å². The van der Waals surface area contributed by atoms with Crippen molar-refractivity contribution >= 4 is 11.6 Å². The molecule has 21 heavy (non-hydrogen) atoms. The molecule has 0 amide bonds. The van der Waals surface area contributed by atoms with Crippen molar-refractivity contribution in [3.63, 3.8) is 0 Å². The van der Waals surface area contributed by atoms with Gasteiger partial charge in [-0.05, 0) is 33.6 Å². The molecule has 0 atom stereocenters. The molecule has 3 rings (SSSR count). The zero-order valence-corrected chi connectivity index (χ0v) is 12.4. The third-order valence-electron chi connectivity index (χ3n) is 3.47. The van der Waals surface area contributed by atoms with Crippen LogP contribution in [0.25, 0.3) is 5.78 Å². The SMILES string of the molecule is Cc1cc(NCCCc2c(C)noc2C)n2ncnc2n1. The Bertz CT molecular complexity index is 741. The number of rotatable bonds is 5. The quantitative estimate of drug-likeness (QED) is 0.723. The molecular formula is C14H18N6O. The molecule has 0 aliphatic rings. The van der Waals surface area contributed by atoms with E-state index < -0.39 is 0 Å². The minimum Gasteiger partial charge on any atom is -0.370 e. The molecule has 1 N–H and O–H groups in total. The van der Waals surface area contributed by atoms with Crippen LogP contribution in [0.3, 0.4) is 0 Å². The number of aryl methyl sites for hydroxylation is 3. The Morgan fingerprint density at radius 1 is 1.29 bits per heavy atom. The first-order valence-corrected chi connectivity index (χ1v) is 6.98. The van der Waals surface area contributed by atoms with E-state index in [4.69, 9.17) is 4.52 Å². The van der Waals surface area contributed by atoms with E-state index in [-0.39, 0.29) is 0 Å². The highest BCUT2D eigenvalue weighted by molar-refractivity contribution is 5.44. The van der Waals surface area contributed by atoms with Crippen LogP contribution in [-0.2, 0) is 6.42 Å². The molecule has 0 unspecified atom stereocenters. The maximum atomic E-state index is 5.17. The molecule has 0 saturated heterocycles. The number of hydrogen-bond acceptors (Lipinski definition) is 6. The molecule has 0 fully saturated rings. The molecule has 110 valence electrons. The van der Waals surface area contributed by atoms with E-state index in [0.29, 0.717) is 5.78 Å². The van der Waals surface area contributed by atoms with Crippen molar-refractivity contribution in [2.24, 2.45) is 0 Å². The molecule has 7 heteroatoms. The van der Waals surface area contributed by atoms with Crippen molar-refractivity contribution in [2.45, 2.75) is 33.6 Å². The van der Waals surface area contributed by atoms with Crippen LogP contribution in [0.15, 0.2) is 16.9 Å². The molecule has 0 aliphatic heterocycles. The Hall–Kier alpha value is -2.44. The summed E-state index contributed by atoms with van der Waals surface area (Å²) in [5, 5.41) is 11.5. The highest BCUT2D eigenvalue weighted by Crippen LogP contribution is 2.15. The fourth-order valence-corrected chi connectivity index (χ4v) is 2.40. The summed E-state index contributed by atoms with van der Waals surface area (Å²) in [6, 6.07) is 1.97. The summed E-state index contributed by atoms with van der Waals surface area (Å²) in [6.45, 7) is 6.71. The number of anilines is 1. The van der Waals surface area contributed by atoms with Crippen LogP contribution >= 0.6 is 0 Å². The molecule has 7 nitrogen and oxygen atoms in total. The van der Waals surface area contributed by atoms with E-state index >= 15 is 0 Å². The number of nitrogens with zero attached hydrogens (tertiary/aromatic N) is 5. The van der Waals surface area contributed by atoms with Gasteiger partial charge >= 0.3 is 0 Å². The third kappa shape index (κ3) is 2.72.